The summed E-state index contributed by atoms with van der Waals surface area (Å²) in [6.07, 6.45) is 2.64. The molecule has 1 rings (SSSR count). The van der Waals surface area contributed by atoms with Crippen molar-refractivity contribution >= 4 is 5.97 Å². The number of esters is 1. The van der Waals surface area contributed by atoms with Crippen LogP contribution in [0.1, 0.15) is 19.8 Å². The van der Waals surface area contributed by atoms with Crippen LogP contribution in [0, 0.1) is 0 Å². The van der Waals surface area contributed by atoms with E-state index in [1.165, 1.54) is 25.9 Å². The Labute approximate surface area is 92.2 Å². The largest absolute Gasteiger partial charge is 0.465 e. The molecule has 1 aliphatic heterocycles. The Balaban J connectivity index is 2.06. The highest BCUT2D eigenvalue weighted by atomic mass is 16.5. The molecule has 0 radical (unpaired) electrons. The molecule has 15 heavy (non-hydrogen) atoms. The number of ether oxygens (including phenoxy) is 1. The van der Waals surface area contributed by atoms with Crippen LogP contribution in [0.25, 0.3) is 0 Å². The fraction of sp³-hybridized carbons (Fsp3) is 0.909. The summed E-state index contributed by atoms with van der Waals surface area (Å²) in [5.74, 6) is -0.124. The Morgan fingerprint density at radius 3 is 2.67 bits per heavy atom. The predicted octanol–water partition coefficient (Wildman–Crippen LogP) is 0.577. The van der Waals surface area contributed by atoms with Crippen molar-refractivity contribution in [2.24, 2.45) is 0 Å². The van der Waals surface area contributed by atoms with Crippen LogP contribution in [-0.2, 0) is 9.53 Å². The minimum atomic E-state index is -0.124. The standard InChI is InChI=1S/C11H22N2O2/c1-3-15-11(14)10-12(2)8-9-13-6-4-5-7-13/h3-10H2,1-2H3. The van der Waals surface area contributed by atoms with Gasteiger partial charge in [0.2, 0.25) is 0 Å². The lowest BCUT2D eigenvalue weighted by atomic mass is 10.4. The predicted molar refractivity (Wildman–Crippen MR) is 59.8 cm³/mol. The fourth-order valence-corrected chi connectivity index (χ4v) is 1.82. The number of hydrogen-bond donors (Lipinski definition) is 0. The fourth-order valence-electron chi connectivity index (χ4n) is 1.82. The van der Waals surface area contributed by atoms with Crippen LogP contribution in [0.5, 0.6) is 0 Å². The van der Waals surface area contributed by atoms with Gasteiger partial charge in [-0.1, -0.05) is 0 Å². The van der Waals surface area contributed by atoms with Gasteiger partial charge in [-0.05, 0) is 39.9 Å². The summed E-state index contributed by atoms with van der Waals surface area (Å²) in [4.78, 5) is 15.6. The van der Waals surface area contributed by atoms with E-state index in [0.29, 0.717) is 13.2 Å². The summed E-state index contributed by atoms with van der Waals surface area (Å²) in [5.41, 5.74) is 0. The van der Waals surface area contributed by atoms with E-state index in [1.54, 1.807) is 0 Å². The van der Waals surface area contributed by atoms with Crippen LogP contribution in [-0.4, -0.2) is 62.1 Å². The van der Waals surface area contributed by atoms with Crippen LogP contribution >= 0.6 is 0 Å². The third kappa shape index (κ3) is 5.14. The maximum atomic E-state index is 11.2. The molecule has 0 bridgehead atoms. The van der Waals surface area contributed by atoms with Crippen molar-refractivity contribution in [3.05, 3.63) is 0 Å². The minimum absolute atomic E-state index is 0.124. The Morgan fingerprint density at radius 2 is 2.07 bits per heavy atom. The zero-order valence-corrected chi connectivity index (χ0v) is 9.87. The summed E-state index contributed by atoms with van der Waals surface area (Å²) in [6.45, 7) is 7.15. The molecule has 4 heteroatoms. The summed E-state index contributed by atoms with van der Waals surface area (Å²) >= 11 is 0. The smallest absolute Gasteiger partial charge is 0.320 e. The molecule has 1 fully saturated rings. The van der Waals surface area contributed by atoms with E-state index in [4.69, 9.17) is 4.74 Å². The first-order valence-electron chi connectivity index (χ1n) is 5.79. The van der Waals surface area contributed by atoms with E-state index < -0.39 is 0 Å². The highest BCUT2D eigenvalue weighted by Gasteiger charge is 2.13. The second-order valence-corrected chi connectivity index (χ2v) is 4.09. The van der Waals surface area contributed by atoms with E-state index >= 15 is 0 Å². The molecule has 1 aliphatic rings. The van der Waals surface area contributed by atoms with E-state index in [9.17, 15) is 4.79 Å². The summed E-state index contributed by atoms with van der Waals surface area (Å²) in [6, 6.07) is 0. The van der Waals surface area contributed by atoms with Crippen LogP contribution < -0.4 is 0 Å². The highest BCUT2D eigenvalue weighted by Crippen LogP contribution is 2.06. The Kier molecular flexibility index (Phi) is 5.65. The third-order valence-corrected chi connectivity index (χ3v) is 2.70. The number of carbonyl (C=O) groups is 1. The lowest BCUT2D eigenvalue weighted by Crippen LogP contribution is -2.34. The van der Waals surface area contributed by atoms with Crippen molar-refractivity contribution in [2.75, 3.05) is 46.4 Å². The van der Waals surface area contributed by atoms with Gasteiger partial charge < -0.3 is 9.64 Å². The number of rotatable bonds is 6. The SMILES string of the molecule is CCOC(=O)CN(C)CCN1CCCC1. The van der Waals surface area contributed by atoms with Gasteiger partial charge in [-0.15, -0.1) is 0 Å². The van der Waals surface area contributed by atoms with E-state index in [0.717, 1.165) is 13.1 Å². The maximum Gasteiger partial charge on any atom is 0.320 e. The molecule has 0 aliphatic carbocycles. The topological polar surface area (TPSA) is 32.8 Å². The molecule has 0 saturated carbocycles. The average Bonchev–Trinajstić information content (AvgIpc) is 2.67. The van der Waals surface area contributed by atoms with Gasteiger partial charge in [0.1, 0.15) is 0 Å². The molecule has 1 heterocycles. The maximum absolute atomic E-state index is 11.2. The molecule has 0 spiro atoms. The van der Waals surface area contributed by atoms with Gasteiger partial charge in [-0.3, -0.25) is 9.69 Å². The van der Waals surface area contributed by atoms with Crippen molar-refractivity contribution in [2.45, 2.75) is 19.8 Å². The Bertz CT molecular complexity index is 191. The van der Waals surface area contributed by atoms with Gasteiger partial charge in [0, 0.05) is 13.1 Å². The van der Waals surface area contributed by atoms with Crippen molar-refractivity contribution in [1.82, 2.24) is 9.80 Å². The van der Waals surface area contributed by atoms with Gasteiger partial charge in [-0.25, -0.2) is 0 Å². The number of likely N-dealkylation sites (N-methyl/N-ethyl adjacent to an activating group) is 1. The Morgan fingerprint density at radius 1 is 1.40 bits per heavy atom. The number of likely N-dealkylation sites (tertiary alicyclic amines) is 1. The lowest BCUT2D eigenvalue weighted by molar-refractivity contribution is -0.144. The van der Waals surface area contributed by atoms with Gasteiger partial charge in [0.25, 0.3) is 0 Å². The quantitative estimate of drug-likeness (QED) is 0.605. The van der Waals surface area contributed by atoms with Crippen LogP contribution in [0.15, 0.2) is 0 Å². The molecular formula is C11H22N2O2. The van der Waals surface area contributed by atoms with E-state index in [1.807, 2.05) is 18.9 Å². The number of carbonyl (C=O) groups excluding carboxylic acids is 1. The molecule has 0 aromatic heterocycles. The second kappa shape index (κ2) is 6.80. The first-order valence-corrected chi connectivity index (χ1v) is 5.79. The lowest BCUT2D eigenvalue weighted by Gasteiger charge is -2.20. The summed E-state index contributed by atoms with van der Waals surface area (Å²) < 4.78 is 4.89. The average molecular weight is 214 g/mol. The van der Waals surface area contributed by atoms with E-state index in [-0.39, 0.29) is 5.97 Å². The number of hydrogen-bond acceptors (Lipinski definition) is 4. The van der Waals surface area contributed by atoms with Gasteiger partial charge in [0.05, 0.1) is 13.2 Å². The monoisotopic (exact) mass is 214 g/mol. The van der Waals surface area contributed by atoms with Gasteiger partial charge in [0.15, 0.2) is 0 Å². The van der Waals surface area contributed by atoms with Crippen molar-refractivity contribution in [3.8, 4) is 0 Å². The molecule has 0 unspecified atom stereocenters. The van der Waals surface area contributed by atoms with Gasteiger partial charge >= 0.3 is 5.97 Å². The zero-order chi connectivity index (χ0) is 11.1. The molecule has 0 atom stereocenters. The molecule has 0 amide bonds. The molecule has 1 saturated heterocycles. The minimum Gasteiger partial charge on any atom is -0.465 e. The molecule has 4 nitrogen and oxygen atoms in total. The normalized spacial score (nSPS) is 17.3. The molecule has 88 valence electrons. The van der Waals surface area contributed by atoms with Crippen LogP contribution in [0.3, 0.4) is 0 Å². The van der Waals surface area contributed by atoms with Crippen molar-refractivity contribution < 1.29 is 9.53 Å². The van der Waals surface area contributed by atoms with Crippen molar-refractivity contribution in [3.63, 3.8) is 0 Å². The van der Waals surface area contributed by atoms with Gasteiger partial charge in [-0.2, -0.15) is 0 Å². The summed E-state index contributed by atoms with van der Waals surface area (Å²) in [7, 11) is 1.97. The molecule has 0 aromatic rings. The third-order valence-electron chi connectivity index (χ3n) is 2.70. The van der Waals surface area contributed by atoms with Crippen LogP contribution in [0.4, 0.5) is 0 Å². The summed E-state index contributed by atoms with van der Waals surface area (Å²) in [5, 5.41) is 0. The zero-order valence-electron chi connectivity index (χ0n) is 9.87. The van der Waals surface area contributed by atoms with E-state index in [2.05, 4.69) is 4.90 Å². The Hall–Kier alpha value is -0.610. The number of nitrogens with zero attached hydrogens (tertiary/aromatic N) is 2. The highest BCUT2D eigenvalue weighted by molar-refractivity contribution is 5.71. The molecular weight excluding hydrogens is 192 g/mol. The molecule has 0 N–H and O–H groups in total. The first kappa shape index (κ1) is 12.5. The second-order valence-electron chi connectivity index (χ2n) is 4.09. The molecule has 0 aromatic carbocycles. The van der Waals surface area contributed by atoms with Crippen LogP contribution in [0.2, 0.25) is 0 Å². The van der Waals surface area contributed by atoms with Crippen molar-refractivity contribution in [1.29, 1.82) is 0 Å². The first-order chi connectivity index (χ1) is 7.22.